The van der Waals surface area contributed by atoms with Crippen molar-refractivity contribution in [1.29, 1.82) is 0 Å². The van der Waals surface area contributed by atoms with Crippen molar-refractivity contribution in [2.24, 2.45) is 0 Å². The van der Waals surface area contributed by atoms with E-state index in [9.17, 15) is 13.2 Å². The molecular formula is C18H20O5S. The Kier molecular flexibility index (Phi) is 6.11. The van der Waals surface area contributed by atoms with Gasteiger partial charge in [0.2, 0.25) is 0 Å². The lowest BCUT2D eigenvalue weighted by Crippen LogP contribution is -2.15. The monoisotopic (exact) mass is 348 g/mol. The fourth-order valence-corrected chi connectivity index (χ4v) is 2.99. The normalized spacial score (nSPS) is 11.2. The molecule has 6 heteroatoms. The molecule has 0 bridgehead atoms. The predicted molar refractivity (Wildman–Crippen MR) is 90.6 cm³/mol. The standard InChI is InChI=1S/C18H20O5S/c1-14-6-10-18(11-7-14)24(20,21)23-13-16(19)9-8-15-4-3-5-17(12-15)22-2/h3-7,10-12H,8-9,13H2,1-2H3. The van der Waals surface area contributed by atoms with Gasteiger partial charge in [-0.15, -0.1) is 0 Å². The zero-order valence-electron chi connectivity index (χ0n) is 13.7. The minimum atomic E-state index is -3.91. The van der Waals surface area contributed by atoms with Crippen LogP contribution in [0, 0.1) is 6.92 Å². The van der Waals surface area contributed by atoms with Crippen molar-refractivity contribution in [3.05, 3.63) is 59.7 Å². The van der Waals surface area contributed by atoms with Gasteiger partial charge in [0, 0.05) is 6.42 Å². The summed E-state index contributed by atoms with van der Waals surface area (Å²) in [5.41, 5.74) is 1.90. The van der Waals surface area contributed by atoms with Gasteiger partial charge in [0.05, 0.1) is 12.0 Å². The Bertz CT molecular complexity index is 794. The van der Waals surface area contributed by atoms with Gasteiger partial charge in [-0.05, 0) is 43.2 Å². The molecule has 0 aromatic heterocycles. The fourth-order valence-electron chi connectivity index (χ4n) is 2.10. The van der Waals surface area contributed by atoms with Gasteiger partial charge in [-0.3, -0.25) is 8.98 Å². The molecule has 0 spiro atoms. The maximum absolute atomic E-state index is 12.0. The van der Waals surface area contributed by atoms with E-state index in [0.29, 0.717) is 6.42 Å². The maximum atomic E-state index is 12.0. The smallest absolute Gasteiger partial charge is 0.297 e. The van der Waals surface area contributed by atoms with E-state index in [1.54, 1.807) is 19.2 Å². The molecule has 0 saturated carbocycles. The maximum Gasteiger partial charge on any atom is 0.297 e. The summed E-state index contributed by atoms with van der Waals surface area (Å²) < 4.78 is 34.0. The van der Waals surface area contributed by atoms with Gasteiger partial charge in [-0.2, -0.15) is 8.42 Å². The van der Waals surface area contributed by atoms with Crippen LogP contribution in [0.3, 0.4) is 0 Å². The molecule has 24 heavy (non-hydrogen) atoms. The van der Waals surface area contributed by atoms with E-state index in [1.165, 1.54) is 12.1 Å². The van der Waals surface area contributed by atoms with Gasteiger partial charge in [0.1, 0.15) is 12.4 Å². The number of aryl methyl sites for hydroxylation is 2. The first-order valence-electron chi connectivity index (χ1n) is 7.51. The molecule has 5 nitrogen and oxygen atoms in total. The zero-order valence-corrected chi connectivity index (χ0v) is 14.5. The summed E-state index contributed by atoms with van der Waals surface area (Å²) in [6.45, 7) is 1.40. The molecule has 0 N–H and O–H groups in total. The molecule has 0 aliphatic heterocycles. The average molecular weight is 348 g/mol. The zero-order chi connectivity index (χ0) is 17.6. The number of ether oxygens (including phenoxy) is 1. The summed E-state index contributed by atoms with van der Waals surface area (Å²) in [5.74, 6) is 0.451. The lowest BCUT2D eigenvalue weighted by Gasteiger charge is -2.06. The molecule has 0 aliphatic rings. The van der Waals surface area contributed by atoms with E-state index in [0.717, 1.165) is 16.9 Å². The number of carbonyl (C=O) groups is 1. The van der Waals surface area contributed by atoms with Gasteiger partial charge in [0.15, 0.2) is 5.78 Å². The molecular weight excluding hydrogens is 328 g/mol. The van der Waals surface area contributed by atoms with Crippen LogP contribution in [0.4, 0.5) is 0 Å². The van der Waals surface area contributed by atoms with Crippen LogP contribution in [0.25, 0.3) is 0 Å². The Labute approximate surface area is 142 Å². The number of methoxy groups -OCH3 is 1. The molecule has 0 saturated heterocycles. The minimum Gasteiger partial charge on any atom is -0.497 e. The highest BCUT2D eigenvalue weighted by Crippen LogP contribution is 2.15. The molecule has 0 aliphatic carbocycles. The number of ketones is 1. The molecule has 0 heterocycles. The number of hydrogen-bond donors (Lipinski definition) is 0. The minimum absolute atomic E-state index is 0.0497. The van der Waals surface area contributed by atoms with Crippen molar-refractivity contribution in [3.8, 4) is 5.75 Å². The van der Waals surface area contributed by atoms with Crippen LogP contribution in [0.5, 0.6) is 5.75 Å². The Morgan fingerprint density at radius 1 is 1.08 bits per heavy atom. The first-order chi connectivity index (χ1) is 11.4. The summed E-state index contributed by atoms with van der Waals surface area (Å²) in [4.78, 5) is 11.9. The first kappa shape index (κ1) is 18.2. The Morgan fingerprint density at radius 3 is 2.46 bits per heavy atom. The average Bonchev–Trinajstić information content (AvgIpc) is 2.59. The number of rotatable bonds is 8. The topological polar surface area (TPSA) is 69.7 Å². The van der Waals surface area contributed by atoms with Gasteiger partial charge in [0.25, 0.3) is 10.1 Å². The van der Waals surface area contributed by atoms with Gasteiger partial charge >= 0.3 is 0 Å². The van der Waals surface area contributed by atoms with Crippen molar-refractivity contribution in [2.75, 3.05) is 13.7 Å². The fraction of sp³-hybridized carbons (Fsp3) is 0.278. The van der Waals surface area contributed by atoms with Crippen molar-refractivity contribution >= 4 is 15.9 Å². The Hall–Kier alpha value is -2.18. The summed E-state index contributed by atoms with van der Waals surface area (Å²) in [5, 5.41) is 0. The van der Waals surface area contributed by atoms with Crippen LogP contribution in [-0.2, 0) is 25.5 Å². The quantitative estimate of drug-likeness (QED) is 0.686. The van der Waals surface area contributed by atoms with Crippen molar-refractivity contribution in [3.63, 3.8) is 0 Å². The second-order valence-electron chi connectivity index (χ2n) is 5.42. The van der Waals surface area contributed by atoms with Crippen LogP contribution >= 0.6 is 0 Å². The highest BCUT2D eigenvalue weighted by Gasteiger charge is 2.16. The summed E-state index contributed by atoms with van der Waals surface area (Å²) in [6, 6.07) is 13.7. The van der Waals surface area contributed by atoms with E-state index in [2.05, 4.69) is 0 Å². The third-order valence-corrected chi connectivity index (χ3v) is 4.79. The molecule has 0 amide bonds. The largest absolute Gasteiger partial charge is 0.497 e. The van der Waals surface area contributed by atoms with Crippen LogP contribution in [0.1, 0.15) is 17.5 Å². The van der Waals surface area contributed by atoms with Crippen LogP contribution in [0.2, 0.25) is 0 Å². The number of benzene rings is 2. The number of carbonyl (C=O) groups excluding carboxylic acids is 1. The highest BCUT2D eigenvalue weighted by atomic mass is 32.2. The Balaban J connectivity index is 1.87. The van der Waals surface area contributed by atoms with Gasteiger partial charge < -0.3 is 4.74 Å². The van der Waals surface area contributed by atoms with E-state index in [4.69, 9.17) is 8.92 Å². The third-order valence-electron chi connectivity index (χ3n) is 3.51. The van der Waals surface area contributed by atoms with Gasteiger partial charge in [-0.25, -0.2) is 0 Å². The number of hydrogen-bond acceptors (Lipinski definition) is 5. The Morgan fingerprint density at radius 2 is 1.79 bits per heavy atom. The van der Waals surface area contributed by atoms with Crippen molar-refractivity contribution in [1.82, 2.24) is 0 Å². The van der Waals surface area contributed by atoms with Crippen LogP contribution < -0.4 is 4.74 Å². The summed E-state index contributed by atoms with van der Waals surface area (Å²) >= 11 is 0. The summed E-state index contributed by atoms with van der Waals surface area (Å²) in [6.07, 6.45) is 0.709. The van der Waals surface area contributed by atoms with Crippen LogP contribution in [-0.4, -0.2) is 27.9 Å². The lowest BCUT2D eigenvalue weighted by atomic mass is 10.1. The van der Waals surface area contributed by atoms with E-state index < -0.39 is 16.7 Å². The van der Waals surface area contributed by atoms with Crippen LogP contribution in [0.15, 0.2) is 53.4 Å². The molecule has 2 aromatic carbocycles. The second kappa shape index (κ2) is 8.08. The van der Waals surface area contributed by atoms with Crippen molar-refractivity contribution < 1.29 is 22.1 Å². The molecule has 0 unspecified atom stereocenters. The number of Topliss-reactive ketones (excluding diaryl/α,β-unsaturated/α-hetero) is 1. The molecule has 2 rings (SSSR count). The molecule has 2 aromatic rings. The molecule has 0 atom stereocenters. The molecule has 0 radical (unpaired) electrons. The predicted octanol–water partition coefficient (Wildman–Crippen LogP) is 2.91. The van der Waals surface area contributed by atoms with Gasteiger partial charge in [-0.1, -0.05) is 29.8 Å². The van der Waals surface area contributed by atoms with E-state index in [1.807, 2.05) is 31.2 Å². The lowest BCUT2D eigenvalue weighted by molar-refractivity contribution is -0.120. The highest BCUT2D eigenvalue weighted by molar-refractivity contribution is 7.86. The molecule has 0 fully saturated rings. The van der Waals surface area contributed by atoms with E-state index >= 15 is 0 Å². The first-order valence-corrected chi connectivity index (χ1v) is 8.92. The molecule has 128 valence electrons. The SMILES string of the molecule is COc1cccc(CCC(=O)COS(=O)(=O)c2ccc(C)cc2)c1. The third kappa shape index (κ3) is 5.18. The summed E-state index contributed by atoms with van der Waals surface area (Å²) in [7, 11) is -2.33. The van der Waals surface area contributed by atoms with E-state index in [-0.39, 0.29) is 17.1 Å². The van der Waals surface area contributed by atoms with Crippen molar-refractivity contribution in [2.45, 2.75) is 24.7 Å². The second-order valence-corrected chi connectivity index (χ2v) is 7.03.